The zero-order valence-electron chi connectivity index (χ0n) is 16.2. The molecule has 0 aromatic heterocycles. The van der Waals surface area contributed by atoms with Crippen LogP contribution in [0.5, 0.6) is 5.75 Å². The molecule has 0 bridgehead atoms. The third-order valence-electron chi connectivity index (χ3n) is 7.70. The maximum atomic E-state index is 11.4. The van der Waals surface area contributed by atoms with Crippen LogP contribution < -0.4 is 4.74 Å². The standard InChI is InChI=1S/C23H29NO2/c1-4-15-11-20-16(12-22(15)26-14(2)25)5-7-19-18(20)9-10-23(3)17(13-24)6-8-21(19)23/h11-12,17-19,21H,4-10H2,1-3H3/t17-,18+,19-,21+,23-/m1/s1. The quantitative estimate of drug-likeness (QED) is 0.545. The van der Waals surface area contributed by atoms with E-state index in [1.54, 1.807) is 0 Å². The second-order valence-electron chi connectivity index (χ2n) is 8.82. The maximum absolute atomic E-state index is 11.4. The molecule has 3 aliphatic carbocycles. The lowest BCUT2D eigenvalue weighted by Crippen LogP contribution is -2.42. The summed E-state index contributed by atoms with van der Waals surface area (Å²) in [5.41, 5.74) is 4.24. The molecular formula is C23H29NO2. The van der Waals surface area contributed by atoms with Gasteiger partial charge in [-0.3, -0.25) is 4.79 Å². The number of rotatable bonds is 2. The van der Waals surface area contributed by atoms with E-state index in [4.69, 9.17) is 4.74 Å². The molecule has 1 aromatic carbocycles. The van der Waals surface area contributed by atoms with E-state index < -0.39 is 0 Å². The summed E-state index contributed by atoms with van der Waals surface area (Å²) < 4.78 is 5.48. The van der Waals surface area contributed by atoms with Crippen LogP contribution in [-0.2, 0) is 17.6 Å². The predicted octanol–water partition coefficient (Wildman–Crippen LogP) is 5.17. The Morgan fingerprint density at radius 3 is 2.81 bits per heavy atom. The van der Waals surface area contributed by atoms with Crippen LogP contribution in [0.4, 0.5) is 0 Å². The van der Waals surface area contributed by atoms with Gasteiger partial charge in [0.25, 0.3) is 0 Å². The Balaban J connectivity index is 1.69. The summed E-state index contributed by atoms with van der Waals surface area (Å²) in [5, 5.41) is 9.60. The van der Waals surface area contributed by atoms with Crippen LogP contribution in [0.2, 0.25) is 0 Å². The van der Waals surface area contributed by atoms with Crippen LogP contribution in [-0.4, -0.2) is 5.97 Å². The monoisotopic (exact) mass is 351 g/mol. The van der Waals surface area contributed by atoms with Crippen molar-refractivity contribution in [2.24, 2.45) is 23.2 Å². The van der Waals surface area contributed by atoms with Gasteiger partial charge in [0.2, 0.25) is 0 Å². The number of benzene rings is 1. The highest BCUT2D eigenvalue weighted by Crippen LogP contribution is 2.62. The van der Waals surface area contributed by atoms with Crippen molar-refractivity contribution in [1.82, 2.24) is 0 Å². The molecule has 0 unspecified atom stereocenters. The van der Waals surface area contributed by atoms with Gasteiger partial charge in [-0.25, -0.2) is 0 Å². The number of carbonyl (C=O) groups excluding carboxylic acids is 1. The van der Waals surface area contributed by atoms with Gasteiger partial charge >= 0.3 is 5.97 Å². The molecule has 0 aliphatic heterocycles. The van der Waals surface area contributed by atoms with E-state index in [-0.39, 0.29) is 17.3 Å². The van der Waals surface area contributed by atoms with Crippen LogP contribution in [0.25, 0.3) is 0 Å². The number of nitriles is 1. The Kier molecular flexibility index (Phi) is 4.34. The van der Waals surface area contributed by atoms with E-state index in [1.165, 1.54) is 43.7 Å². The minimum atomic E-state index is -0.240. The summed E-state index contributed by atoms with van der Waals surface area (Å²) >= 11 is 0. The van der Waals surface area contributed by atoms with E-state index in [0.717, 1.165) is 30.6 Å². The Morgan fingerprint density at radius 2 is 2.12 bits per heavy atom. The van der Waals surface area contributed by atoms with Crippen LogP contribution in [0.15, 0.2) is 12.1 Å². The van der Waals surface area contributed by atoms with Gasteiger partial charge in [-0.2, -0.15) is 5.26 Å². The Labute approximate surface area is 156 Å². The van der Waals surface area contributed by atoms with Crippen molar-refractivity contribution >= 4 is 5.97 Å². The number of fused-ring (bicyclic) bond motifs is 5. The van der Waals surface area contributed by atoms with Crippen molar-refractivity contribution in [2.45, 2.75) is 71.6 Å². The van der Waals surface area contributed by atoms with Crippen molar-refractivity contribution < 1.29 is 9.53 Å². The fourth-order valence-corrected chi connectivity index (χ4v) is 6.38. The van der Waals surface area contributed by atoms with Gasteiger partial charge in [0.15, 0.2) is 0 Å². The molecule has 26 heavy (non-hydrogen) atoms. The molecule has 0 N–H and O–H groups in total. The summed E-state index contributed by atoms with van der Waals surface area (Å²) in [6.45, 7) is 5.98. The molecule has 3 heteroatoms. The highest BCUT2D eigenvalue weighted by molar-refractivity contribution is 5.70. The van der Waals surface area contributed by atoms with Gasteiger partial charge < -0.3 is 4.74 Å². The molecule has 3 nitrogen and oxygen atoms in total. The van der Waals surface area contributed by atoms with Crippen molar-refractivity contribution in [3.63, 3.8) is 0 Å². The van der Waals surface area contributed by atoms with Crippen molar-refractivity contribution in [3.05, 3.63) is 28.8 Å². The van der Waals surface area contributed by atoms with E-state index in [1.807, 2.05) is 0 Å². The first-order chi connectivity index (χ1) is 12.5. The highest BCUT2D eigenvalue weighted by Gasteiger charge is 2.54. The molecule has 0 heterocycles. The first-order valence-corrected chi connectivity index (χ1v) is 10.2. The van der Waals surface area contributed by atoms with E-state index in [2.05, 4.69) is 32.0 Å². The number of aryl methyl sites for hydroxylation is 2. The van der Waals surface area contributed by atoms with Crippen LogP contribution in [0.3, 0.4) is 0 Å². The average molecular weight is 351 g/mol. The van der Waals surface area contributed by atoms with Crippen LogP contribution >= 0.6 is 0 Å². The molecule has 4 rings (SSSR count). The molecule has 0 amide bonds. The normalized spacial score (nSPS) is 35.0. The SMILES string of the molecule is CCc1cc2c(cc1OC(C)=O)CC[C@@H]1[C@@H]2CC[C@]2(C)[C@@H](C#N)CC[C@@H]12. The molecule has 138 valence electrons. The Hall–Kier alpha value is -1.82. The van der Waals surface area contributed by atoms with Gasteiger partial charge in [0, 0.05) is 6.92 Å². The van der Waals surface area contributed by atoms with E-state index in [0.29, 0.717) is 17.8 Å². The number of carbonyl (C=O) groups is 1. The first kappa shape index (κ1) is 17.6. The molecule has 2 fully saturated rings. The van der Waals surface area contributed by atoms with Gasteiger partial charge in [0.1, 0.15) is 5.75 Å². The number of nitrogens with zero attached hydrogens (tertiary/aromatic N) is 1. The minimum Gasteiger partial charge on any atom is -0.426 e. The van der Waals surface area contributed by atoms with Gasteiger partial charge in [-0.1, -0.05) is 19.9 Å². The zero-order valence-corrected chi connectivity index (χ0v) is 16.2. The van der Waals surface area contributed by atoms with E-state index in [9.17, 15) is 10.1 Å². The summed E-state index contributed by atoms with van der Waals surface area (Å²) in [6.07, 6.45) is 7.82. The van der Waals surface area contributed by atoms with Gasteiger partial charge in [0.05, 0.1) is 12.0 Å². The molecule has 5 atom stereocenters. The molecule has 3 aliphatic rings. The van der Waals surface area contributed by atoms with Crippen molar-refractivity contribution in [2.75, 3.05) is 0 Å². The molecule has 0 spiro atoms. The summed E-state index contributed by atoms with van der Waals surface area (Å²) in [4.78, 5) is 11.4. The van der Waals surface area contributed by atoms with E-state index >= 15 is 0 Å². The summed E-state index contributed by atoms with van der Waals surface area (Å²) in [5.74, 6) is 2.78. The zero-order chi connectivity index (χ0) is 18.5. The van der Waals surface area contributed by atoms with Crippen molar-refractivity contribution in [3.8, 4) is 11.8 Å². The van der Waals surface area contributed by atoms with Crippen molar-refractivity contribution in [1.29, 1.82) is 5.26 Å². The predicted molar refractivity (Wildman–Crippen MR) is 101 cm³/mol. The molecule has 0 radical (unpaired) electrons. The topological polar surface area (TPSA) is 50.1 Å². The fraction of sp³-hybridized carbons (Fsp3) is 0.652. The molecule has 2 saturated carbocycles. The summed E-state index contributed by atoms with van der Waals surface area (Å²) in [6, 6.07) is 7.07. The molecule has 1 aromatic rings. The fourth-order valence-electron chi connectivity index (χ4n) is 6.38. The Morgan fingerprint density at radius 1 is 1.31 bits per heavy atom. The number of hydrogen-bond acceptors (Lipinski definition) is 3. The molecular weight excluding hydrogens is 322 g/mol. The largest absolute Gasteiger partial charge is 0.426 e. The second-order valence-corrected chi connectivity index (χ2v) is 8.82. The number of ether oxygens (including phenoxy) is 1. The van der Waals surface area contributed by atoms with Gasteiger partial charge in [-0.05, 0) is 90.9 Å². The lowest BCUT2D eigenvalue weighted by molar-refractivity contribution is -0.131. The molecule has 0 saturated heterocycles. The third-order valence-corrected chi connectivity index (χ3v) is 7.70. The number of hydrogen-bond donors (Lipinski definition) is 0. The second kappa shape index (κ2) is 6.41. The lowest BCUT2D eigenvalue weighted by atomic mass is 9.54. The third kappa shape index (κ3) is 2.57. The van der Waals surface area contributed by atoms with Gasteiger partial charge in [-0.15, -0.1) is 0 Å². The smallest absolute Gasteiger partial charge is 0.308 e. The van der Waals surface area contributed by atoms with Crippen LogP contribution in [0.1, 0.15) is 75.5 Å². The lowest BCUT2D eigenvalue weighted by Gasteiger charge is -2.50. The maximum Gasteiger partial charge on any atom is 0.308 e. The average Bonchev–Trinajstić information content (AvgIpc) is 2.96. The first-order valence-electron chi connectivity index (χ1n) is 10.2. The Bertz CT molecular complexity index is 777. The highest BCUT2D eigenvalue weighted by atomic mass is 16.5. The summed E-state index contributed by atoms with van der Waals surface area (Å²) in [7, 11) is 0. The minimum absolute atomic E-state index is 0.221. The van der Waals surface area contributed by atoms with Crippen LogP contribution in [0, 0.1) is 34.5 Å². The number of esters is 1.